The zero-order valence-electron chi connectivity index (χ0n) is 9.91. The lowest BCUT2D eigenvalue weighted by Gasteiger charge is -2.18. The van der Waals surface area contributed by atoms with Crippen LogP contribution in [-0.2, 0) is 18.3 Å². The van der Waals surface area contributed by atoms with E-state index in [0.29, 0.717) is 0 Å². The van der Waals surface area contributed by atoms with E-state index in [1.54, 1.807) is 0 Å². The van der Waals surface area contributed by atoms with Gasteiger partial charge in [-0.15, -0.1) is 0 Å². The minimum atomic E-state index is -4.23. The van der Waals surface area contributed by atoms with E-state index in [9.17, 15) is 24.2 Å². The van der Waals surface area contributed by atoms with Crippen LogP contribution < -0.4 is 11.2 Å². The summed E-state index contributed by atoms with van der Waals surface area (Å²) in [5.41, 5.74) is -1.35. The number of phosphoric acid groups is 1. The summed E-state index contributed by atoms with van der Waals surface area (Å²) in [5.74, 6) is 0. The summed E-state index contributed by atoms with van der Waals surface area (Å²) in [4.78, 5) is 34.1. The number of hydrogen-bond acceptors (Lipinski definition) is 7. The maximum absolute atomic E-state index is 11.7. The molecule has 2 aliphatic heterocycles. The van der Waals surface area contributed by atoms with Gasteiger partial charge < -0.3 is 14.7 Å². The third-order valence-corrected chi connectivity index (χ3v) is 4.12. The molecule has 0 saturated carbocycles. The third-order valence-electron chi connectivity index (χ3n) is 3.10. The van der Waals surface area contributed by atoms with Crippen molar-refractivity contribution in [3.63, 3.8) is 0 Å². The zero-order valence-corrected chi connectivity index (χ0v) is 10.8. The van der Waals surface area contributed by atoms with Crippen LogP contribution in [0.15, 0.2) is 21.9 Å². The van der Waals surface area contributed by atoms with Crippen molar-refractivity contribution in [2.24, 2.45) is 0 Å². The van der Waals surface area contributed by atoms with Crippen molar-refractivity contribution in [3.05, 3.63) is 33.1 Å². The molecule has 0 spiro atoms. The molecule has 1 unspecified atom stereocenters. The first-order valence-corrected chi connectivity index (χ1v) is 7.18. The molecule has 0 amide bonds. The van der Waals surface area contributed by atoms with Crippen molar-refractivity contribution in [3.8, 4) is 0 Å². The number of ether oxygens (including phenoxy) is 1. The minimum Gasteiger partial charge on any atom is -0.394 e. The summed E-state index contributed by atoms with van der Waals surface area (Å²) < 4.78 is 27.5. The molecule has 3 N–H and O–H groups in total. The van der Waals surface area contributed by atoms with Gasteiger partial charge in [0.1, 0.15) is 18.3 Å². The lowest BCUT2D eigenvalue weighted by Crippen LogP contribution is -2.36. The quantitative estimate of drug-likeness (QED) is 0.550. The maximum Gasteiger partial charge on any atom is 0.473 e. The van der Waals surface area contributed by atoms with Gasteiger partial charge in [0.2, 0.25) is 0 Å². The molecule has 0 bridgehead atoms. The Morgan fingerprint density at radius 1 is 1.35 bits per heavy atom. The van der Waals surface area contributed by atoms with Gasteiger partial charge in [-0.25, -0.2) is 9.36 Å². The Morgan fingerprint density at radius 3 is 2.70 bits per heavy atom. The maximum atomic E-state index is 11.7. The molecule has 2 fully saturated rings. The molecule has 110 valence electrons. The van der Waals surface area contributed by atoms with Crippen molar-refractivity contribution in [1.29, 1.82) is 0 Å². The fourth-order valence-corrected chi connectivity index (χ4v) is 3.42. The van der Waals surface area contributed by atoms with Crippen LogP contribution in [0.1, 0.15) is 6.23 Å². The molecule has 0 aliphatic carbocycles. The highest BCUT2D eigenvalue weighted by Gasteiger charge is 2.57. The monoisotopic (exact) mass is 306 g/mol. The van der Waals surface area contributed by atoms with Gasteiger partial charge in [0, 0.05) is 12.3 Å². The second-order valence-electron chi connectivity index (χ2n) is 4.37. The predicted octanol–water partition coefficient (Wildman–Crippen LogP) is -1.69. The van der Waals surface area contributed by atoms with E-state index in [0.717, 1.165) is 10.6 Å². The van der Waals surface area contributed by atoms with E-state index in [2.05, 4.69) is 0 Å². The van der Waals surface area contributed by atoms with E-state index in [-0.39, 0.29) is 0 Å². The van der Waals surface area contributed by atoms with Crippen LogP contribution in [-0.4, -0.2) is 44.5 Å². The summed E-state index contributed by atoms with van der Waals surface area (Å²) in [7, 11) is -4.23. The molecule has 20 heavy (non-hydrogen) atoms. The highest BCUT2D eigenvalue weighted by Crippen LogP contribution is 2.58. The first-order valence-electron chi connectivity index (χ1n) is 5.69. The first kappa shape index (κ1) is 13.7. The van der Waals surface area contributed by atoms with Gasteiger partial charge in [0.05, 0.1) is 6.61 Å². The molecular weight excluding hydrogens is 295 g/mol. The van der Waals surface area contributed by atoms with Gasteiger partial charge in [-0.2, -0.15) is 0 Å². The minimum absolute atomic E-state index is 0.473. The number of aliphatic hydroxyl groups excluding tert-OH is 1. The van der Waals surface area contributed by atoms with E-state index in [1.165, 1.54) is 6.20 Å². The summed E-state index contributed by atoms with van der Waals surface area (Å²) in [6.45, 7) is -0.473. The van der Waals surface area contributed by atoms with E-state index >= 15 is 0 Å². The average molecular weight is 306 g/mol. The molecule has 2 aliphatic rings. The van der Waals surface area contributed by atoms with Crippen molar-refractivity contribution in [2.45, 2.75) is 24.5 Å². The number of H-pyrrole nitrogens is 1. The highest BCUT2D eigenvalue weighted by molar-refractivity contribution is 7.47. The number of rotatable bonds is 2. The Hall–Kier alpha value is -1.29. The van der Waals surface area contributed by atoms with Crippen LogP contribution in [0.3, 0.4) is 0 Å². The Morgan fingerprint density at radius 2 is 2.05 bits per heavy atom. The van der Waals surface area contributed by atoms with E-state index < -0.39 is 50.2 Å². The van der Waals surface area contributed by atoms with Crippen molar-refractivity contribution in [1.82, 2.24) is 9.55 Å². The second-order valence-corrected chi connectivity index (χ2v) is 5.73. The van der Waals surface area contributed by atoms with Gasteiger partial charge >= 0.3 is 13.5 Å². The molecule has 1 aromatic rings. The molecule has 11 heteroatoms. The largest absolute Gasteiger partial charge is 0.473 e. The van der Waals surface area contributed by atoms with E-state index in [1.807, 2.05) is 4.98 Å². The van der Waals surface area contributed by atoms with Gasteiger partial charge in [0.15, 0.2) is 6.23 Å². The summed E-state index contributed by atoms with van der Waals surface area (Å²) in [6, 6.07) is 1.10. The zero-order chi connectivity index (χ0) is 14.5. The first-order chi connectivity index (χ1) is 9.41. The molecule has 3 rings (SSSR count). The molecule has 10 nitrogen and oxygen atoms in total. The van der Waals surface area contributed by atoms with E-state index in [4.69, 9.17) is 13.8 Å². The molecule has 0 radical (unpaired) electrons. The second kappa shape index (κ2) is 4.62. The van der Waals surface area contributed by atoms with Gasteiger partial charge in [-0.05, 0) is 0 Å². The van der Waals surface area contributed by atoms with Crippen LogP contribution in [0.5, 0.6) is 0 Å². The highest BCUT2D eigenvalue weighted by atomic mass is 31.2. The average Bonchev–Trinajstić information content (AvgIpc) is 2.83. The molecule has 1 aromatic heterocycles. The van der Waals surface area contributed by atoms with Gasteiger partial charge in [0.25, 0.3) is 5.56 Å². The number of nitrogens with one attached hydrogen (secondary N) is 1. The Labute approximate surface area is 111 Å². The lowest BCUT2D eigenvalue weighted by atomic mass is 10.1. The fraction of sp³-hybridized carbons (Fsp3) is 0.556. The third kappa shape index (κ3) is 2.16. The SMILES string of the molecule is O=c1ccn([C@H]2O[C@H](CO)[C@H]3OP(=O)(O)O[C@H]32)c(=O)[nH]1. The molecule has 5 atom stereocenters. The number of aliphatic hydroxyl groups is 1. The molecule has 2 saturated heterocycles. The van der Waals surface area contributed by atoms with Crippen LogP contribution in [0.2, 0.25) is 0 Å². The number of nitrogens with zero attached hydrogens (tertiary/aromatic N) is 1. The Kier molecular flexibility index (Phi) is 3.16. The summed E-state index contributed by atoms with van der Waals surface area (Å²) in [5, 5.41) is 9.18. The fourth-order valence-electron chi connectivity index (χ4n) is 2.28. The number of aromatic amines is 1. The standard InChI is InChI=1S/C9H11N2O8P/c12-3-4-6-7(19-20(15,16)18-6)8(17-4)11-2-1-5(13)10-9(11)14/h1-2,4,6-8,12H,3H2,(H,15,16)(H,10,13,14)/t4-,6-,7-,8+/m1/s1. The molecule has 0 aromatic carbocycles. The normalized spacial score (nSPS) is 39.9. The van der Waals surface area contributed by atoms with Crippen LogP contribution in [0.25, 0.3) is 0 Å². The molecular formula is C9H11N2O8P. The van der Waals surface area contributed by atoms with Gasteiger partial charge in [-0.1, -0.05) is 0 Å². The lowest BCUT2D eigenvalue weighted by molar-refractivity contribution is -0.0624. The number of hydrogen-bond donors (Lipinski definition) is 3. The van der Waals surface area contributed by atoms with Gasteiger partial charge in [-0.3, -0.25) is 23.4 Å². The number of phosphoric ester groups is 1. The van der Waals surface area contributed by atoms with Crippen molar-refractivity contribution < 1.29 is 28.3 Å². The smallest absolute Gasteiger partial charge is 0.394 e. The Balaban J connectivity index is 2.00. The number of aromatic nitrogens is 2. The summed E-state index contributed by atoms with van der Waals surface area (Å²) >= 11 is 0. The predicted molar refractivity (Wildman–Crippen MR) is 61.9 cm³/mol. The summed E-state index contributed by atoms with van der Waals surface area (Å²) in [6.07, 6.45) is -2.82. The van der Waals surface area contributed by atoms with Crippen LogP contribution in [0, 0.1) is 0 Å². The Bertz CT molecular complexity index is 683. The van der Waals surface area contributed by atoms with Crippen LogP contribution >= 0.6 is 7.82 Å². The van der Waals surface area contributed by atoms with Crippen LogP contribution in [0.4, 0.5) is 0 Å². The molecule has 3 heterocycles. The number of fused-ring (bicyclic) bond motifs is 1. The topological polar surface area (TPSA) is 140 Å². The van der Waals surface area contributed by atoms with Crippen molar-refractivity contribution in [2.75, 3.05) is 6.61 Å². The van der Waals surface area contributed by atoms with Crippen molar-refractivity contribution >= 4 is 7.82 Å².